The van der Waals surface area contributed by atoms with Crippen LogP contribution in [0.1, 0.15) is 37.9 Å². The minimum Gasteiger partial charge on any atom is -0.336 e. The lowest BCUT2D eigenvalue weighted by Crippen LogP contribution is -2.46. The summed E-state index contributed by atoms with van der Waals surface area (Å²) in [7, 11) is 2.02. The van der Waals surface area contributed by atoms with Crippen LogP contribution in [0.2, 0.25) is 0 Å². The average molecular weight is 281 g/mol. The van der Waals surface area contributed by atoms with Crippen LogP contribution in [0, 0.1) is 6.92 Å². The van der Waals surface area contributed by atoms with Gasteiger partial charge in [-0.05, 0) is 41.2 Å². The summed E-state index contributed by atoms with van der Waals surface area (Å²) in [6, 6.07) is 0.00114. The van der Waals surface area contributed by atoms with Gasteiger partial charge < -0.3 is 4.90 Å². The van der Waals surface area contributed by atoms with E-state index in [2.05, 4.69) is 36.0 Å². The normalized spacial score (nSPS) is 20.6. The van der Waals surface area contributed by atoms with Crippen LogP contribution in [0.4, 0.5) is 0 Å². The zero-order valence-electron chi connectivity index (χ0n) is 12.4. The Morgan fingerprint density at radius 3 is 2.68 bits per heavy atom. The van der Waals surface area contributed by atoms with Crippen LogP contribution in [-0.4, -0.2) is 45.9 Å². The third-order valence-corrected chi connectivity index (χ3v) is 4.42. The van der Waals surface area contributed by atoms with Crippen LogP contribution in [0.15, 0.2) is 5.38 Å². The predicted octanol–water partition coefficient (Wildman–Crippen LogP) is 2.28. The minimum absolute atomic E-state index is 0.00114. The van der Waals surface area contributed by atoms with E-state index in [4.69, 9.17) is 0 Å². The summed E-state index contributed by atoms with van der Waals surface area (Å²) in [4.78, 5) is 21.0. The molecule has 5 heteroatoms. The van der Waals surface area contributed by atoms with Crippen LogP contribution in [0.5, 0.6) is 0 Å². The molecule has 1 unspecified atom stereocenters. The van der Waals surface area contributed by atoms with Gasteiger partial charge in [-0.1, -0.05) is 0 Å². The fourth-order valence-electron chi connectivity index (χ4n) is 2.59. The Kier molecular flexibility index (Phi) is 3.97. The van der Waals surface area contributed by atoms with E-state index in [9.17, 15) is 4.79 Å². The van der Waals surface area contributed by atoms with Gasteiger partial charge in [-0.25, -0.2) is 4.98 Å². The molecule has 1 aliphatic rings. The molecule has 1 aromatic heterocycles. The maximum absolute atomic E-state index is 12.5. The number of likely N-dealkylation sites (N-methyl/N-ethyl adjacent to an activating group) is 1. The van der Waals surface area contributed by atoms with E-state index >= 15 is 0 Å². The third kappa shape index (κ3) is 3.15. The number of aromatic nitrogens is 1. The molecule has 0 aromatic carbocycles. The van der Waals surface area contributed by atoms with E-state index in [0.29, 0.717) is 0 Å². The Morgan fingerprint density at radius 1 is 1.53 bits per heavy atom. The van der Waals surface area contributed by atoms with Crippen molar-refractivity contribution in [2.75, 3.05) is 13.6 Å². The Balaban J connectivity index is 2.01. The van der Waals surface area contributed by atoms with E-state index in [1.54, 1.807) is 11.3 Å². The SMILES string of the molecule is Cc1nc(CN(C)C2CCN(C(C)(C)C)C2=O)cs1. The number of rotatable bonds is 3. The zero-order valence-corrected chi connectivity index (χ0v) is 13.3. The highest BCUT2D eigenvalue weighted by Gasteiger charge is 2.39. The summed E-state index contributed by atoms with van der Waals surface area (Å²) in [5, 5.41) is 3.16. The van der Waals surface area contributed by atoms with Crippen molar-refractivity contribution < 1.29 is 4.79 Å². The van der Waals surface area contributed by atoms with Gasteiger partial charge in [0.25, 0.3) is 0 Å². The van der Waals surface area contributed by atoms with Gasteiger partial charge in [0.1, 0.15) is 0 Å². The Bertz CT molecular complexity index is 464. The van der Waals surface area contributed by atoms with Crippen molar-refractivity contribution in [3.05, 3.63) is 16.1 Å². The molecule has 0 saturated carbocycles. The summed E-state index contributed by atoms with van der Waals surface area (Å²) in [5.41, 5.74) is 0.983. The van der Waals surface area contributed by atoms with Crippen molar-refractivity contribution in [2.24, 2.45) is 0 Å². The van der Waals surface area contributed by atoms with Gasteiger partial charge in [0.2, 0.25) is 5.91 Å². The molecule has 106 valence electrons. The van der Waals surface area contributed by atoms with Gasteiger partial charge in [-0.2, -0.15) is 0 Å². The lowest BCUT2D eigenvalue weighted by Gasteiger charge is -2.33. The smallest absolute Gasteiger partial charge is 0.240 e. The molecule has 1 aliphatic heterocycles. The highest BCUT2D eigenvalue weighted by molar-refractivity contribution is 7.09. The fraction of sp³-hybridized carbons (Fsp3) is 0.714. The molecule has 2 heterocycles. The zero-order chi connectivity index (χ0) is 14.2. The standard InChI is InChI=1S/C14H23N3OS/c1-10-15-11(9-19-10)8-16(5)12-6-7-17(13(12)18)14(2,3)4/h9,12H,6-8H2,1-5H3. The molecule has 19 heavy (non-hydrogen) atoms. The number of hydrogen-bond donors (Lipinski definition) is 0. The highest BCUT2D eigenvalue weighted by Crippen LogP contribution is 2.25. The van der Waals surface area contributed by atoms with Crippen molar-refractivity contribution in [3.63, 3.8) is 0 Å². The third-order valence-electron chi connectivity index (χ3n) is 3.60. The number of amides is 1. The number of nitrogens with zero attached hydrogens (tertiary/aromatic N) is 3. The van der Waals surface area contributed by atoms with E-state index < -0.39 is 0 Å². The number of carbonyl (C=O) groups excluding carboxylic acids is 1. The molecule has 1 aromatic rings. The predicted molar refractivity (Wildman–Crippen MR) is 78.2 cm³/mol. The molecule has 0 spiro atoms. The molecule has 0 N–H and O–H groups in total. The van der Waals surface area contributed by atoms with Gasteiger partial charge in [-0.3, -0.25) is 9.69 Å². The summed E-state index contributed by atoms with van der Waals surface area (Å²) in [6.07, 6.45) is 0.912. The van der Waals surface area contributed by atoms with E-state index in [-0.39, 0.29) is 17.5 Å². The van der Waals surface area contributed by atoms with Gasteiger partial charge in [0.15, 0.2) is 0 Å². The Hall–Kier alpha value is -0.940. The molecule has 1 saturated heterocycles. The van der Waals surface area contributed by atoms with Gasteiger partial charge >= 0.3 is 0 Å². The first-order valence-electron chi connectivity index (χ1n) is 6.72. The first-order chi connectivity index (χ1) is 8.79. The van der Waals surface area contributed by atoms with Gasteiger partial charge in [-0.15, -0.1) is 11.3 Å². The molecule has 1 amide bonds. The van der Waals surface area contributed by atoms with Crippen molar-refractivity contribution in [3.8, 4) is 0 Å². The minimum atomic E-state index is -0.0795. The topological polar surface area (TPSA) is 36.4 Å². The molecule has 0 bridgehead atoms. The number of hydrogen-bond acceptors (Lipinski definition) is 4. The number of carbonyl (C=O) groups is 1. The molecule has 1 fully saturated rings. The second-order valence-corrected chi connectivity index (χ2v) is 7.30. The molecule has 1 atom stereocenters. The summed E-state index contributed by atoms with van der Waals surface area (Å²) in [6.45, 7) is 9.90. The molecule has 2 rings (SSSR count). The maximum atomic E-state index is 12.5. The van der Waals surface area contributed by atoms with E-state index in [1.165, 1.54) is 0 Å². The van der Waals surface area contributed by atoms with E-state index in [1.807, 2.05) is 18.9 Å². The molecule has 0 radical (unpaired) electrons. The van der Waals surface area contributed by atoms with Crippen LogP contribution in [-0.2, 0) is 11.3 Å². The lowest BCUT2D eigenvalue weighted by atomic mass is 10.1. The summed E-state index contributed by atoms with van der Waals surface area (Å²) in [5.74, 6) is 0.252. The van der Waals surface area contributed by atoms with Crippen molar-refractivity contribution in [2.45, 2.75) is 52.2 Å². The van der Waals surface area contributed by atoms with Crippen LogP contribution in [0.25, 0.3) is 0 Å². The summed E-state index contributed by atoms with van der Waals surface area (Å²) >= 11 is 1.66. The number of likely N-dealkylation sites (tertiary alicyclic amines) is 1. The van der Waals surface area contributed by atoms with Crippen LogP contribution in [0.3, 0.4) is 0 Å². The molecule has 4 nitrogen and oxygen atoms in total. The Labute approximate surface area is 119 Å². The number of aryl methyl sites for hydroxylation is 1. The number of thiazole rings is 1. The first-order valence-corrected chi connectivity index (χ1v) is 7.60. The summed E-state index contributed by atoms with van der Waals surface area (Å²) < 4.78 is 0. The first kappa shape index (κ1) is 14.5. The average Bonchev–Trinajstić information content (AvgIpc) is 2.84. The van der Waals surface area contributed by atoms with Gasteiger partial charge in [0, 0.05) is 24.0 Å². The Morgan fingerprint density at radius 2 is 2.21 bits per heavy atom. The molecule has 0 aliphatic carbocycles. The molecular formula is C14H23N3OS. The second kappa shape index (κ2) is 5.21. The highest BCUT2D eigenvalue weighted by atomic mass is 32.1. The monoisotopic (exact) mass is 281 g/mol. The van der Waals surface area contributed by atoms with Crippen molar-refractivity contribution in [1.29, 1.82) is 0 Å². The lowest BCUT2D eigenvalue weighted by molar-refractivity contribution is -0.135. The van der Waals surface area contributed by atoms with Crippen molar-refractivity contribution >= 4 is 17.2 Å². The maximum Gasteiger partial charge on any atom is 0.240 e. The van der Waals surface area contributed by atoms with Crippen LogP contribution < -0.4 is 0 Å². The van der Waals surface area contributed by atoms with Crippen LogP contribution >= 0.6 is 11.3 Å². The van der Waals surface area contributed by atoms with Gasteiger partial charge in [0.05, 0.1) is 16.7 Å². The van der Waals surface area contributed by atoms with Crippen molar-refractivity contribution in [1.82, 2.24) is 14.8 Å². The largest absolute Gasteiger partial charge is 0.336 e. The fourth-order valence-corrected chi connectivity index (χ4v) is 3.19. The quantitative estimate of drug-likeness (QED) is 0.853. The van der Waals surface area contributed by atoms with E-state index in [0.717, 1.165) is 30.2 Å². The second-order valence-electron chi connectivity index (χ2n) is 6.24. The molecular weight excluding hydrogens is 258 g/mol.